The Hall–Kier alpha value is -4.99. The number of aromatic amines is 1. The number of imidazole rings is 1. The number of carbonyl (C=O) groups is 5. The second-order valence-electron chi connectivity index (χ2n) is 9.15. The number of rotatable bonds is 17. The molecule has 2 rings (SSSR count). The number of aliphatic imine (C=N–C) groups is 1. The molecular weight excluding hydrogens is 538 g/mol. The van der Waals surface area contributed by atoms with Gasteiger partial charge in [-0.05, 0) is 18.4 Å². The summed E-state index contributed by atoms with van der Waals surface area (Å²) in [6.07, 6.45) is 2.31. The quantitative estimate of drug-likeness (QED) is 0.0545. The van der Waals surface area contributed by atoms with Gasteiger partial charge in [-0.25, -0.2) is 9.78 Å². The largest absolute Gasteiger partial charge is 0.481 e. The first kappa shape index (κ1) is 32.2. The highest BCUT2D eigenvalue weighted by molar-refractivity contribution is 5.94. The Morgan fingerprint density at radius 3 is 2.12 bits per heavy atom. The number of carbonyl (C=O) groups excluding carboxylic acids is 3. The number of nitrogens with one attached hydrogen (secondary N) is 4. The molecular formula is C25H35N9O7. The van der Waals surface area contributed by atoms with Crippen LogP contribution < -0.4 is 33.2 Å². The Kier molecular flexibility index (Phi) is 12.7. The third kappa shape index (κ3) is 11.7. The van der Waals surface area contributed by atoms with Crippen LogP contribution in [-0.2, 0) is 36.8 Å². The number of H-pyrrole nitrogens is 1. The number of benzene rings is 1. The van der Waals surface area contributed by atoms with Crippen molar-refractivity contribution < 1.29 is 34.2 Å². The van der Waals surface area contributed by atoms with Gasteiger partial charge in [0.2, 0.25) is 17.7 Å². The van der Waals surface area contributed by atoms with Crippen molar-refractivity contribution in [3.05, 3.63) is 54.1 Å². The molecule has 2 aromatic rings. The van der Waals surface area contributed by atoms with Crippen LogP contribution in [0.4, 0.5) is 0 Å². The molecule has 1 heterocycles. The van der Waals surface area contributed by atoms with Crippen molar-refractivity contribution in [3.8, 4) is 0 Å². The Bertz CT molecular complexity index is 1200. The van der Waals surface area contributed by atoms with Gasteiger partial charge in [-0.15, -0.1) is 0 Å². The van der Waals surface area contributed by atoms with Gasteiger partial charge in [0.15, 0.2) is 5.96 Å². The lowest BCUT2D eigenvalue weighted by Gasteiger charge is -2.25. The zero-order chi connectivity index (χ0) is 30.4. The minimum Gasteiger partial charge on any atom is -0.481 e. The van der Waals surface area contributed by atoms with Gasteiger partial charge in [0.1, 0.15) is 18.1 Å². The molecule has 1 aromatic heterocycles. The molecule has 41 heavy (non-hydrogen) atoms. The van der Waals surface area contributed by atoms with Crippen LogP contribution in [0, 0.1) is 0 Å². The fourth-order valence-corrected chi connectivity index (χ4v) is 3.75. The fraction of sp³-hybridized carbons (Fsp3) is 0.400. The number of amides is 3. The van der Waals surface area contributed by atoms with E-state index in [0.717, 1.165) is 0 Å². The van der Waals surface area contributed by atoms with Crippen LogP contribution in [0.2, 0.25) is 0 Å². The van der Waals surface area contributed by atoms with Crippen molar-refractivity contribution in [2.24, 2.45) is 22.2 Å². The summed E-state index contributed by atoms with van der Waals surface area (Å²) in [6, 6.07) is 3.47. The van der Waals surface area contributed by atoms with Gasteiger partial charge in [-0.3, -0.25) is 24.2 Å². The predicted octanol–water partition coefficient (Wildman–Crippen LogP) is -2.41. The maximum Gasteiger partial charge on any atom is 0.326 e. The van der Waals surface area contributed by atoms with Crippen LogP contribution in [0.15, 0.2) is 47.8 Å². The minimum absolute atomic E-state index is 0.00199. The molecule has 4 atom stereocenters. The number of hydrogen-bond donors (Lipinski definition) is 9. The molecule has 16 heteroatoms. The molecule has 0 spiro atoms. The van der Waals surface area contributed by atoms with E-state index in [1.165, 1.54) is 12.5 Å². The Morgan fingerprint density at radius 2 is 1.54 bits per heavy atom. The molecule has 0 saturated carbocycles. The van der Waals surface area contributed by atoms with Gasteiger partial charge >= 0.3 is 11.9 Å². The van der Waals surface area contributed by atoms with E-state index in [4.69, 9.17) is 22.3 Å². The summed E-state index contributed by atoms with van der Waals surface area (Å²) in [6.45, 7) is 0.130. The summed E-state index contributed by atoms with van der Waals surface area (Å²) in [5, 5.41) is 26.1. The molecule has 3 amide bonds. The fourth-order valence-electron chi connectivity index (χ4n) is 3.75. The summed E-state index contributed by atoms with van der Waals surface area (Å²) in [7, 11) is 0. The lowest BCUT2D eigenvalue weighted by molar-refractivity contribution is -0.142. The highest BCUT2D eigenvalue weighted by Crippen LogP contribution is 2.08. The number of aliphatic carboxylic acids is 2. The van der Waals surface area contributed by atoms with Crippen molar-refractivity contribution in [2.75, 3.05) is 6.54 Å². The van der Waals surface area contributed by atoms with Crippen LogP contribution in [0.5, 0.6) is 0 Å². The number of guanidine groups is 1. The Balaban J connectivity index is 2.25. The molecule has 16 nitrogen and oxygen atoms in total. The topological polar surface area (TPSA) is 281 Å². The van der Waals surface area contributed by atoms with Gasteiger partial charge in [0.25, 0.3) is 0 Å². The summed E-state index contributed by atoms with van der Waals surface area (Å²) < 4.78 is 0. The number of carboxylic acid groups (broad SMARTS) is 2. The van der Waals surface area contributed by atoms with E-state index in [1.54, 1.807) is 30.3 Å². The molecule has 0 fully saturated rings. The van der Waals surface area contributed by atoms with Gasteiger partial charge in [0.05, 0.1) is 18.8 Å². The summed E-state index contributed by atoms with van der Waals surface area (Å²) >= 11 is 0. The maximum absolute atomic E-state index is 13.4. The first-order valence-electron chi connectivity index (χ1n) is 12.6. The molecule has 1 aromatic carbocycles. The smallest absolute Gasteiger partial charge is 0.326 e. The van der Waals surface area contributed by atoms with Gasteiger partial charge < -0.3 is 48.3 Å². The van der Waals surface area contributed by atoms with E-state index in [9.17, 15) is 29.1 Å². The highest BCUT2D eigenvalue weighted by atomic mass is 16.4. The van der Waals surface area contributed by atoms with Crippen molar-refractivity contribution in [1.29, 1.82) is 0 Å². The van der Waals surface area contributed by atoms with Crippen LogP contribution in [0.25, 0.3) is 0 Å². The van der Waals surface area contributed by atoms with E-state index in [1.807, 2.05) is 0 Å². The molecule has 0 radical (unpaired) electrons. The lowest BCUT2D eigenvalue weighted by atomic mass is 10.0. The van der Waals surface area contributed by atoms with E-state index in [0.29, 0.717) is 11.3 Å². The van der Waals surface area contributed by atoms with Gasteiger partial charge in [-0.1, -0.05) is 30.3 Å². The van der Waals surface area contributed by atoms with E-state index in [2.05, 4.69) is 30.9 Å². The number of nitrogens with zero attached hydrogens (tertiary/aromatic N) is 2. The molecule has 0 aliphatic heterocycles. The first-order chi connectivity index (χ1) is 19.5. The average Bonchev–Trinajstić information content (AvgIpc) is 3.42. The molecule has 0 bridgehead atoms. The zero-order valence-corrected chi connectivity index (χ0v) is 22.2. The highest BCUT2D eigenvalue weighted by Gasteiger charge is 2.31. The number of hydrogen-bond acceptors (Lipinski definition) is 8. The Labute approximate surface area is 235 Å². The molecule has 12 N–H and O–H groups in total. The Morgan fingerprint density at radius 1 is 0.902 bits per heavy atom. The second-order valence-corrected chi connectivity index (χ2v) is 9.15. The SMILES string of the molecule is NC(N)=NCCCC(NC(=O)C(N)CC(=O)O)C(=O)NC(Cc1ccccc1)C(=O)NC(Cc1cnc[nH]1)C(=O)O. The van der Waals surface area contributed by atoms with Gasteiger partial charge in [-0.2, -0.15) is 0 Å². The molecule has 222 valence electrons. The lowest BCUT2D eigenvalue weighted by Crippen LogP contribution is -2.58. The van der Waals surface area contributed by atoms with Crippen molar-refractivity contribution in [3.63, 3.8) is 0 Å². The average molecular weight is 574 g/mol. The number of nitrogens with two attached hydrogens (primary N) is 3. The van der Waals surface area contributed by atoms with Crippen molar-refractivity contribution in [1.82, 2.24) is 25.9 Å². The minimum atomic E-state index is -1.43. The number of carboxylic acids is 2. The maximum atomic E-state index is 13.4. The van der Waals surface area contributed by atoms with Crippen LogP contribution in [-0.4, -0.2) is 86.5 Å². The predicted molar refractivity (Wildman–Crippen MR) is 146 cm³/mol. The third-order valence-corrected chi connectivity index (χ3v) is 5.82. The summed E-state index contributed by atoms with van der Waals surface area (Å²) in [5.41, 5.74) is 17.4. The first-order valence-corrected chi connectivity index (χ1v) is 12.6. The van der Waals surface area contributed by atoms with Gasteiger partial charge in [0, 0.05) is 31.3 Å². The summed E-state index contributed by atoms with van der Waals surface area (Å²) in [5.74, 6) is -5.20. The van der Waals surface area contributed by atoms with E-state index in [-0.39, 0.29) is 38.2 Å². The van der Waals surface area contributed by atoms with Crippen molar-refractivity contribution in [2.45, 2.75) is 56.3 Å². The third-order valence-electron chi connectivity index (χ3n) is 5.82. The van der Waals surface area contributed by atoms with Crippen LogP contribution in [0.3, 0.4) is 0 Å². The zero-order valence-electron chi connectivity index (χ0n) is 22.2. The van der Waals surface area contributed by atoms with Crippen LogP contribution >= 0.6 is 0 Å². The standard InChI is InChI=1S/C25H35N9O7/c26-16(11-20(35)36)21(37)32-17(7-4-8-30-25(27)28)22(38)33-18(9-14-5-2-1-3-6-14)23(39)34-19(24(40)41)10-15-12-29-13-31-15/h1-3,5-6,12-13,16-19H,4,7-11,26H2,(H,29,31)(H,32,37)(H,33,38)(H,34,39)(H,35,36)(H,40,41)(H4,27,28,30). The summed E-state index contributed by atoms with van der Waals surface area (Å²) in [4.78, 5) is 72.5. The molecule has 0 aliphatic carbocycles. The monoisotopic (exact) mass is 573 g/mol. The molecule has 4 unspecified atom stereocenters. The van der Waals surface area contributed by atoms with E-state index < -0.39 is 60.2 Å². The van der Waals surface area contributed by atoms with E-state index >= 15 is 0 Å². The van der Waals surface area contributed by atoms with Crippen LogP contribution in [0.1, 0.15) is 30.5 Å². The second kappa shape index (κ2) is 16.2. The molecule has 0 saturated heterocycles. The molecule has 0 aliphatic rings. The van der Waals surface area contributed by atoms with Crippen molar-refractivity contribution >= 4 is 35.6 Å². The number of aromatic nitrogens is 2. The normalized spacial score (nSPS) is 13.6.